The Hall–Kier alpha value is -0.905. The molecule has 3 nitrogen and oxygen atoms in total. The Morgan fingerprint density at radius 3 is 2.35 bits per heavy atom. The van der Waals surface area contributed by atoms with Gasteiger partial charge in [-0.3, -0.25) is 0 Å². The van der Waals surface area contributed by atoms with Crippen LogP contribution in [-0.2, 0) is 14.9 Å². The molecule has 1 aliphatic carbocycles. The van der Waals surface area contributed by atoms with Crippen molar-refractivity contribution in [2.45, 2.75) is 38.7 Å². The topological polar surface area (TPSA) is 38.7 Å². The van der Waals surface area contributed by atoms with Gasteiger partial charge in [-0.15, -0.1) is 0 Å². The summed E-state index contributed by atoms with van der Waals surface area (Å²) in [5.41, 5.74) is 0.192. The summed E-state index contributed by atoms with van der Waals surface area (Å²) in [5.74, 6) is -0.368. The van der Waals surface area contributed by atoms with Crippen LogP contribution in [-0.4, -0.2) is 25.4 Å². The molecule has 1 aliphatic heterocycles. The number of halogens is 1. The van der Waals surface area contributed by atoms with Crippen LogP contribution in [0.4, 0.5) is 4.39 Å². The standard InChI is InChI=1S/C15H20BFO3/c1-14(2)9-19-16(20-10-14)12-5-4-11(8-13(12)17)15(18)6-3-7-15/h4-5,8,18H,3,6-7,9-10H2,1-2H3. The van der Waals surface area contributed by atoms with E-state index in [4.69, 9.17) is 9.31 Å². The molecule has 0 atom stereocenters. The molecule has 0 aromatic heterocycles. The quantitative estimate of drug-likeness (QED) is 0.840. The molecule has 0 amide bonds. The van der Waals surface area contributed by atoms with Crippen molar-refractivity contribution in [3.63, 3.8) is 0 Å². The Morgan fingerprint density at radius 2 is 1.85 bits per heavy atom. The zero-order chi connectivity index (χ0) is 14.4. The maximum atomic E-state index is 14.2. The van der Waals surface area contributed by atoms with E-state index in [0.29, 0.717) is 37.1 Å². The maximum absolute atomic E-state index is 14.2. The van der Waals surface area contributed by atoms with E-state index in [0.717, 1.165) is 6.42 Å². The molecular weight excluding hydrogens is 258 g/mol. The second-order valence-corrected chi connectivity index (χ2v) is 6.74. The molecule has 0 radical (unpaired) electrons. The minimum atomic E-state index is -0.838. The van der Waals surface area contributed by atoms with Gasteiger partial charge in [0.05, 0.1) is 5.60 Å². The fraction of sp³-hybridized carbons (Fsp3) is 0.600. The van der Waals surface area contributed by atoms with Crippen LogP contribution in [0.25, 0.3) is 0 Å². The lowest BCUT2D eigenvalue weighted by atomic mass is 9.71. The highest BCUT2D eigenvalue weighted by Gasteiger charge is 2.38. The lowest BCUT2D eigenvalue weighted by Crippen LogP contribution is -2.48. The molecule has 0 spiro atoms. The Kier molecular flexibility index (Phi) is 3.39. The third kappa shape index (κ3) is 2.50. The van der Waals surface area contributed by atoms with Gasteiger partial charge < -0.3 is 14.4 Å². The molecule has 1 saturated heterocycles. The predicted octanol–water partition coefficient (Wildman–Crippen LogP) is 1.97. The van der Waals surface area contributed by atoms with Gasteiger partial charge in [0.15, 0.2) is 0 Å². The van der Waals surface area contributed by atoms with Gasteiger partial charge in [0.2, 0.25) is 0 Å². The minimum absolute atomic E-state index is 0.0337. The van der Waals surface area contributed by atoms with E-state index in [-0.39, 0.29) is 11.2 Å². The Morgan fingerprint density at radius 1 is 1.20 bits per heavy atom. The summed E-state index contributed by atoms with van der Waals surface area (Å²) in [6.07, 6.45) is 2.40. The molecule has 1 aromatic rings. The van der Waals surface area contributed by atoms with Crippen molar-refractivity contribution in [3.05, 3.63) is 29.6 Å². The molecule has 1 N–H and O–H groups in total. The Labute approximate surface area is 119 Å². The fourth-order valence-corrected chi connectivity index (χ4v) is 2.68. The molecule has 0 bridgehead atoms. The average Bonchev–Trinajstić information content (AvgIpc) is 2.36. The van der Waals surface area contributed by atoms with E-state index in [9.17, 15) is 9.50 Å². The van der Waals surface area contributed by atoms with Gasteiger partial charge in [0, 0.05) is 24.1 Å². The normalized spacial score (nSPS) is 24.3. The van der Waals surface area contributed by atoms with Gasteiger partial charge in [-0.1, -0.05) is 26.0 Å². The van der Waals surface area contributed by atoms with Gasteiger partial charge >= 0.3 is 7.12 Å². The fourth-order valence-electron chi connectivity index (χ4n) is 2.68. The molecule has 0 unspecified atom stereocenters. The number of benzene rings is 1. The van der Waals surface area contributed by atoms with Gasteiger partial charge in [0.1, 0.15) is 5.82 Å². The summed E-state index contributed by atoms with van der Waals surface area (Å²) in [7, 11) is -0.645. The SMILES string of the molecule is CC1(C)COB(c2ccc(C3(O)CCC3)cc2F)OC1. The van der Waals surface area contributed by atoms with Gasteiger partial charge in [-0.2, -0.15) is 0 Å². The first-order valence-corrected chi connectivity index (χ1v) is 7.15. The number of hydrogen-bond donors (Lipinski definition) is 1. The molecule has 20 heavy (non-hydrogen) atoms. The van der Waals surface area contributed by atoms with Crippen LogP contribution in [0.15, 0.2) is 18.2 Å². The first-order chi connectivity index (χ1) is 9.40. The van der Waals surface area contributed by atoms with Crippen molar-refractivity contribution in [1.29, 1.82) is 0 Å². The van der Waals surface area contributed by atoms with Gasteiger partial charge in [-0.05, 0) is 30.9 Å². The maximum Gasteiger partial charge on any atom is 0.496 e. The van der Waals surface area contributed by atoms with E-state index < -0.39 is 12.7 Å². The number of aliphatic hydroxyl groups is 1. The Balaban J connectivity index is 1.78. The van der Waals surface area contributed by atoms with Crippen molar-refractivity contribution in [2.24, 2.45) is 5.41 Å². The summed E-state index contributed by atoms with van der Waals surface area (Å²) in [6.45, 7) is 5.19. The molecule has 1 saturated carbocycles. The third-order valence-electron chi connectivity index (χ3n) is 4.22. The molecule has 2 fully saturated rings. The van der Waals surface area contributed by atoms with Crippen LogP contribution >= 0.6 is 0 Å². The third-order valence-corrected chi connectivity index (χ3v) is 4.22. The van der Waals surface area contributed by atoms with E-state index in [2.05, 4.69) is 13.8 Å². The molecule has 3 rings (SSSR count). The van der Waals surface area contributed by atoms with Crippen molar-refractivity contribution >= 4 is 12.6 Å². The van der Waals surface area contributed by atoms with Crippen molar-refractivity contribution < 1.29 is 18.8 Å². The van der Waals surface area contributed by atoms with Crippen LogP contribution in [0.5, 0.6) is 0 Å². The molecule has 5 heteroatoms. The van der Waals surface area contributed by atoms with E-state index >= 15 is 0 Å². The predicted molar refractivity (Wildman–Crippen MR) is 75.2 cm³/mol. The van der Waals surface area contributed by atoms with Crippen molar-refractivity contribution in [2.75, 3.05) is 13.2 Å². The summed E-state index contributed by atoms with van der Waals surface area (Å²) >= 11 is 0. The van der Waals surface area contributed by atoms with E-state index in [1.54, 1.807) is 12.1 Å². The number of hydrogen-bond acceptors (Lipinski definition) is 3. The summed E-state index contributed by atoms with van der Waals surface area (Å²) in [6, 6.07) is 4.87. The van der Waals surface area contributed by atoms with Crippen LogP contribution in [0.2, 0.25) is 0 Å². The average molecular weight is 278 g/mol. The molecule has 108 valence electrons. The van der Waals surface area contributed by atoms with Crippen LogP contribution in [0.3, 0.4) is 0 Å². The van der Waals surface area contributed by atoms with Crippen molar-refractivity contribution in [1.82, 2.24) is 0 Å². The first kappa shape index (κ1) is 14.0. The van der Waals surface area contributed by atoms with E-state index in [1.165, 1.54) is 6.07 Å². The smallest absolute Gasteiger partial charge is 0.407 e. The lowest BCUT2D eigenvalue weighted by Gasteiger charge is -2.37. The van der Waals surface area contributed by atoms with Gasteiger partial charge in [-0.25, -0.2) is 4.39 Å². The Bertz CT molecular complexity index is 504. The largest absolute Gasteiger partial charge is 0.496 e. The minimum Gasteiger partial charge on any atom is -0.407 e. The number of rotatable bonds is 2. The molecule has 1 heterocycles. The zero-order valence-corrected chi connectivity index (χ0v) is 12.0. The van der Waals surface area contributed by atoms with Crippen LogP contribution in [0, 0.1) is 11.2 Å². The van der Waals surface area contributed by atoms with Crippen LogP contribution < -0.4 is 5.46 Å². The highest BCUT2D eigenvalue weighted by atomic mass is 19.1. The molecule has 2 aliphatic rings. The summed E-state index contributed by atoms with van der Waals surface area (Å²) < 4.78 is 25.4. The summed E-state index contributed by atoms with van der Waals surface area (Å²) in [5, 5.41) is 10.2. The molecule has 1 aromatic carbocycles. The summed E-state index contributed by atoms with van der Waals surface area (Å²) in [4.78, 5) is 0. The molecular formula is C15H20BFO3. The second kappa shape index (κ2) is 4.83. The van der Waals surface area contributed by atoms with Crippen molar-refractivity contribution in [3.8, 4) is 0 Å². The van der Waals surface area contributed by atoms with Crippen LogP contribution in [0.1, 0.15) is 38.7 Å². The second-order valence-electron chi connectivity index (χ2n) is 6.74. The monoisotopic (exact) mass is 278 g/mol. The van der Waals surface area contributed by atoms with Gasteiger partial charge in [0.25, 0.3) is 0 Å². The lowest BCUT2D eigenvalue weighted by molar-refractivity contribution is -0.0390. The highest BCUT2D eigenvalue weighted by molar-refractivity contribution is 6.61. The zero-order valence-electron chi connectivity index (χ0n) is 12.0. The van der Waals surface area contributed by atoms with E-state index in [1.807, 2.05) is 0 Å². The first-order valence-electron chi connectivity index (χ1n) is 7.15. The highest BCUT2D eigenvalue weighted by Crippen LogP contribution is 2.40.